The lowest BCUT2D eigenvalue weighted by molar-refractivity contribution is -0.137. The quantitative estimate of drug-likeness (QED) is 0.760. The fourth-order valence-electron chi connectivity index (χ4n) is 1.89. The zero-order chi connectivity index (χ0) is 15.8. The van der Waals surface area contributed by atoms with E-state index in [9.17, 15) is 9.59 Å². The average molecular weight is 313 g/mol. The highest BCUT2D eigenvalue weighted by atomic mass is 32.2. The molecule has 0 saturated carbocycles. The zero-order valence-electron chi connectivity index (χ0n) is 12.2. The number of carbonyl (C=O) groups is 2. The monoisotopic (exact) mass is 313 g/mol. The van der Waals surface area contributed by atoms with E-state index in [2.05, 4.69) is 5.32 Å². The minimum Gasteiger partial charge on any atom is -0.497 e. The van der Waals surface area contributed by atoms with Crippen LogP contribution in [0.2, 0.25) is 0 Å². The van der Waals surface area contributed by atoms with Crippen molar-refractivity contribution < 1.29 is 24.2 Å². The van der Waals surface area contributed by atoms with Crippen LogP contribution in [-0.4, -0.2) is 43.2 Å². The number of hydrogen-bond donors (Lipinski definition) is 2. The van der Waals surface area contributed by atoms with Crippen LogP contribution in [0.15, 0.2) is 18.2 Å². The van der Waals surface area contributed by atoms with Crippen LogP contribution in [0.3, 0.4) is 0 Å². The van der Waals surface area contributed by atoms with E-state index in [1.807, 2.05) is 0 Å². The summed E-state index contributed by atoms with van der Waals surface area (Å²) in [5.74, 6) is 0.133. The SMILES string of the molecule is COc1ccc(C(CC(=O)O)NC(=O)CSC)c(OC)c1. The van der Waals surface area contributed by atoms with Crippen molar-refractivity contribution in [1.29, 1.82) is 0 Å². The fraction of sp³-hybridized carbons (Fsp3) is 0.429. The van der Waals surface area contributed by atoms with Crippen LogP contribution >= 0.6 is 11.8 Å². The molecule has 6 nitrogen and oxygen atoms in total. The predicted octanol–water partition coefficient (Wildman–Crippen LogP) is 1.70. The first-order valence-corrected chi connectivity index (χ1v) is 7.63. The summed E-state index contributed by atoms with van der Waals surface area (Å²) in [6, 6.07) is 4.41. The second-order valence-electron chi connectivity index (χ2n) is 4.26. The van der Waals surface area contributed by atoms with Crippen molar-refractivity contribution in [2.75, 3.05) is 26.2 Å². The number of thioether (sulfide) groups is 1. The number of ether oxygens (including phenoxy) is 2. The van der Waals surface area contributed by atoms with Gasteiger partial charge in [-0.05, 0) is 18.4 Å². The molecule has 0 fully saturated rings. The van der Waals surface area contributed by atoms with E-state index in [4.69, 9.17) is 14.6 Å². The zero-order valence-corrected chi connectivity index (χ0v) is 13.0. The van der Waals surface area contributed by atoms with Crippen molar-refractivity contribution >= 4 is 23.6 Å². The van der Waals surface area contributed by atoms with Crippen LogP contribution in [0.25, 0.3) is 0 Å². The Bertz CT molecular complexity index is 506. The minimum absolute atomic E-state index is 0.216. The number of aliphatic carboxylic acids is 1. The minimum atomic E-state index is -0.998. The molecule has 0 saturated heterocycles. The van der Waals surface area contributed by atoms with E-state index in [0.717, 1.165) is 0 Å². The molecule has 0 bridgehead atoms. The molecule has 1 rings (SSSR count). The van der Waals surface area contributed by atoms with Crippen LogP contribution in [0.5, 0.6) is 11.5 Å². The smallest absolute Gasteiger partial charge is 0.305 e. The molecule has 7 heteroatoms. The van der Waals surface area contributed by atoms with E-state index in [1.165, 1.54) is 26.0 Å². The summed E-state index contributed by atoms with van der Waals surface area (Å²) in [7, 11) is 3.02. The summed E-state index contributed by atoms with van der Waals surface area (Å²) < 4.78 is 10.4. The lowest BCUT2D eigenvalue weighted by atomic mass is 10.0. The molecule has 0 aliphatic carbocycles. The standard InChI is InChI=1S/C14H19NO5S/c1-19-9-4-5-10(12(6-9)20-2)11(7-14(17)18)15-13(16)8-21-3/h4-6,11H,7-8H2,1-3H3,(H,15,16)(H,17,18). The third-order valence-corrected chi connectivity index (χ3v) is 3.36. The molecule has 0 aromatic heterocycles. The van der Waals surface area contributed by atoms with Gasteiger partial charge in [0.05, 0.1) is 32.4 Å². The molecule has 1 unspecified atom stereocenters. The van der Waals surface area contributed by atoms with E-state index in [-0.39, 0.29) is 18.1 Å². The third kappa shape index (κ3) is 5.18. The van der Waals surface area contributed by atoms with Gasteiger partial charge in [0.25, 0.3) is 0 Å². The fourth-order valence-corrected chi connectivity index (χ4v) is 2.23. The number of amides is 1. The first-order chi connectivity index (χ1) is 10.0. The number of nitrogens with one attached hydrogen (secondary N) is 1. The molecule has 1 aromatic rings. The Hall–Kier alpha value is -1.89. The number of carboxylic acid groups (broad SMARTS) is 1. The van der Waals surface area contributed by atoms with Crippen molar-refractivity contribution in [2.45, 2.75) is 12.5 Å². The Morgan fingerprint density at radius 3 is 2.57 bits per heavy atom. The summed E-state index contributed by atoms with van der Waals surface area (Å²) in [6.07, 6.45) is 1.59. The van der Waals surface area contributed by atoms with Gasteiger partial charge in [0.15, 0.2) is 0 Å². The Morgan fingerprint density at radius 2 is 2.05 bits per heavy atom. The largest absolute Gasteiger partial charge is 0.497 e. The number of methoxy groups -OCH3 is 2. The highest BCUT2D eigenvalue weighted by molar-refractivity contribution is 7.99. The third-order valence-electron chi connectivity index (χ3n) is 2.81. The normalized spacial score (nSPS) is 11.6. The van der Waals surface area contributed by atoms with Gasteiger partial charge in [-0.2, -0.15) is 11.8 Å². The second kappa shape index (κ2) is 8.41. The number of carbonyl (C=O) groups excluding carboxylic acids is 1. The highest BCUT2D eigenvalue weighted by Crippen LogP contribution is 2.31. The molecular weight excluding hydrogens is 294 g/mol. The van der Waals surface area contributed by atoms with E-state index >= 15 is 0 Å². The first kappa shape index (κ1) is 17.2. The van der Waals surface area contributed by atoms with Crippen molar-refractivity contribution in [3.05, 3.63) is 23.8 Å². The van der Waals surface area contributed by atoms with Gasteiger partial charge < -0.3 is 19.9 Å². The van der Waals surface area contributed by atoms with Gasteiger partial charge in [0.2, 0.25) is 5.91 Å². The summed E-state index contributed by atoms with van der Waals surface area (Å²) >= 11 is 1.37. The first-order valence-electron chi connectivity index (χ1n) is 6.23. The molecule has 116 valence electrons. The van der Waals surface area contributed by atoms with Gasteiger partial charge in [-0.3, -0.25) is 9.59 Å². The molecule has 0 aliphatic heterocycles. The topological polar surface area (TPSA) is 84.9 Å². The van der Waals surface area contributed by atoms with Crippen molar-refractivity contribution in [3.63, 3.8) is 0 Å². The van der Waals surface area contributed by atoms with Crippen molar-refractivity contribution in [2.24, 2.45) is 0 Å². The Kier molecular flexibility index (Phi) is 6.87. The van der Waals surface area contributed by atoms with Gasteiger partial charge in [-0.15, -0.1) is 0 Å². The molecule has 1 amide bonds. The number of hydrogen-bond acceptors (Lipinski definition) is 5. The molecule has 1 aromatic carbocycles. The lowest BCUT2D eigenvalue weighted by Crippen LogP contribution is -2.31. The lowest BCUT2D eigenvalue weighted by Gasteiger charge is -2.20. The molecule has 0 heterocycles. The summed E-state index contributed by atoms with van der Waals surface area (Å²) in [5, 5.41) is 11.7. The van der Waals surface area contributed by atoms with E-state index in [1.54, 1.807) is 24.5 Å². The molecule has 21 heavy (non-hydrogen) atoms. The van der Waals surface area contributed by atoms with Gasteiger partial charge >= 0.3 is 5.97 Å². The van der Waals surface area contributed by atoms with Crippen LogP contribution in [0, 0.1) is 0 Å². The van der Waals surface area contributed by atoms with Crippen molar-refractivity contribution in [1.82, 2.24) is 5.32 Å². The molecule has 0 radical (unpaired) electrons. The molecule has 0 aliphatic rings. The Morgan fingerprint density at radius 1 is 1.33 bits per heavy atom. The Labute approximate surface area is 127 Å². The van der Waals surface area contributed by atoms with Gasteiger partial charge in [-0.1, -0.05) is 0 Å². The van der Waals surface area contributed by atoms with Crippen LogP contribution in [0.1, 0.15) is 18.0 Å². The summed E-state index contributed by atoms with van der Waals surface area (Å²) in [4.78, 5) is 22.8. The Balaban J connectivity index is 3.06. The summed E-state index contributed by atoms with van der Waals surface area (Å²) in [6.45, 7) is 0. The molecular formula is C14H19NO5S. The maximum Gasteiger partial charge on any atom is 0.305 e. The highest BCUT2D eigenvalue weighted by Gasteiger charge is 2.21. The second-order valence-corrected chi connectivity index (χ2v) is 5.12. The number of benzene rings is 1. The molecule has 0 spiro atoms. The van der Waals surface area contributed by atoms with Gasteiger partial charge in [-0.25, -0.2) is 0 Å². The van der Waals surface area contributed by atoms with E-state index < -0.39 is 12.0 Å². The van der Waals surface area contributed by atoms with Crippen LogP contribution < -0.4 is 14.8 Å². The number of rotatable bonds is 8. The van der Waals surface area contributed by atoms with Crippen LogP contribution in [0.4, 0.5) is 0 Å². The van der Waals surface area contributed by atoms with E-state index in [0.29, 0.717) is 17.1 Å². The number of carboxylic acids is 1. The average Bonchev–Trinajstić information content (AvgIpc) is 2.45. The van der Waals surface area contributed by atoms with Gasteiger partial charge in [0, 0.05) is 11.6 Å². The maximum absolute atomic E-state index is 11.7. The molecule has 2 N–H and O–H groups in total. The van der Waals surface area contributed by atoms with Gasteiger partial charge in [0.1, 0.15) is 11.5 Å². The summed E-state index contributed by atoms with van der Waals surface area (Å²) in [5.41, 5.74) is 0.607. The maximum atomic E-state index is 11.7. The molecule has 1 atom stereocenters. The van der Waals surface area contributed by atoms with Crippen molar-refractivity contribution in [3.8, 4) is 11.5 Å². The van der Waals surface area contributed by atoms with Crippen LogP contribution in [-0.2, 0) is 9.59 Å². The predicted molar refractivity (Wildman–Crippen MR) is 81.1 cm³/mol.